The van der Waals surface area contributed by atoms with Gasteiger partial charge in [0.2, 0.25) is 0 Å². The van der Waals surface area contributed by atoms with E-state index in [2.05, 4.69) is 51.2 Å². The molecule has 0 spiro atoms. The Morgan fingerprint density at radius 1 is 0.344 bits per heavy atom. The summed E-state index contributed by atoms with van der Waals surface area (Å²) in [7, 11) is 0. The minimum Gasteiger partial charge on any atom is -0.462 e. The normalized spacial score (nSPS) is 12.8. The van der Waals surface area contributed by atoms with Crippen molar-refractivity contribution in [1.82, 2.24) is 0 Å². The van der Waals surface area contributed by atoms with Crippen LogP contribution in [-0.2, 0) is 28.6 Å². The highest BCUT2D eigenvalue weighted by Crippen LogP contribution is 2.15. The molecule has 0 saturated carbocycles. The van der Waals surface area contributed by atoms with Gasteiger partial charge >= 0.3 is 17.9 Å². The summed E-state index contributed by atoms with van der Waals surface area (Å²) in [5.41, 5.74) is 0. The fraction of sp³-hybridized carbons (Fsp3) is 0.691. The summed E-state index contributed by atoms with van der Waals surface area (Å²) in [6, 6.07) is 0. The largest absolute Gasteiger partial charge is 0.462 e. The van der Waals surface area contributed by atoms with E-state index in [1.165, 1.54) is 128 Å². The SMILES string of the molecule is CC\C=C/C=C\C=C/C=C\C=C/CCCC(=O)OC(COC(=O)CCCCCCCCCCCCC)COC(=O)CCCCCCCCCCCC/C=C\C=C/CCCCC. The highest BCUT2D eigenvalue weighted by atomic mass is 16.6. The lowest BCUT2D eigenvalue weighted by Gasteiger charge is -2.18. The number of ether oxygens (including phenoxy) is 3. The monoisotopic (exact) mass is 849 g/mol. The van der Waals surface area contributed by atoms with E-state index in [1.54, 1.807) is 0 Å². The number of hydrogen-bond acceptors (Lipinski definition) is 6. The van der Waals surface area contributed by atoms with Gasteiger partial charge in [0.1, 0.15) is 13.2 Å². The molecule has 0 aliphatic rings. The molecular formula is C55H92O6. The maximum atomic E-state index is 12.7. The highest BCUT2D eigenvalue weighted by Gasteiger charge is 2.19. The lowest BCUT2D eigenvalue weighted by molar-refractivity contribution is -0.167. The summed E-state index contributed by atoms with van der Waals surface area (Å²) in [6.45, 7) is 6.39. The van der Waals surface area contributed by atoms with Crippen LogP contribution in [0.4, 0.5) is 0 Å². The van der Waals surface area contributed by atoms with Crippen LogP contribution in [0, 0.1) is 0 Å². The van der Waals surface area contributed by atoms with Crippen molar-refractivity contribution >= 4 is 17.9 Å². The topological polar surface area (TPSA) is 78.9 Å². The molecule has 1 unspecified atom stereocenters. The van der Waals surface area contributed by atoms with E-state index < -0.39 is 6.10 Å². The number of carbonyl (C=O) groups excluding carboxylic acids is 3. The Labute approximate surface area is 375 Å². The summed E-state index contributed by atoms with van der Waals surface area (Å²) in [6.07, 6.45) is 62.9. The molecule has 0 aromatic carbocycles. The zero-order chi connectivity index (χ0) is 44.4. The van der Waals surface area contributed by atoms with E-state index in [0.717, 1.165) is 51.4 Å². The Kier molecular flexibility index (Phi) is 46.5. The first kappa shape index (κ1) is 57.6. The van der Waals surface area contributed by atoms with Gasteiger partial charge in [0.25, 0.3) is 0 Å². The van der Waals surface area contributed by atoms with Crippen LogP contribution in [0.2, 0.25) is 0 Å². The van der Waals surface area contributed by atoms with Crippen molar-refractivity contribution in [3.8, 4) is 0 Å². The summed E-state index contributed by atoms with van der Waals surface area (Å²) in [5, 5.41) is 0. The average Bonchev–Trinajstić information content (AvgIpc) is 3.26. The lowest BCUT2D eigenvalue weighted by Crippen LogP contribution is -2.30. The van der Waals surface area contributed by atoms with Crippen molar-refractivity contribution in [2.24, 2.45) is 0 Å². The van der Waals surface area contributed by atoms with Gasteiger partial charge in [-0.2, -0.15) is 0 Å². The Hall–Kier alpha value is -3.41. The van der Waals surface area contributed by atoms with Crippen LogP contribution >= 0.6 is 0 Å². The molecule has 0 radical (unpaired) electrons. The first-order valence-electron chi connectivity index (χ1n) is 25.2. The molecule has 6 heteroatoms. The van der Waals surface area contributed by atoms with E-state index in [9.17, 15) is 14.4 Å². The molecule has 0 bridgehead atoms. The fourth-order valence-electron chi connectivity index (χ4n) is 6.76. The minimum atomic E-state index is -0.812. The molecule has 6 nitrogen and oxygen atoms in total. The maximum Gasteiger partial charge on any atom is 0.306 e. The smallest absolute Gasteiger partial charge is 0.306 e. The summed E-state index contributed by atoms with van der Waals surface area (Å²) in [4.78, 5) is 37.9. The van der Waals surface area contributed by atoms with Crippen LogP contribution in [0.1, 0.15) is 226 Å². The van der Waals surface area contributed by atoms with Gasteiger partial charge in [-0.3, -0.25) is 14.4 Å². The number of carbonyl (C=O) groups is 3. The molecule has 0 aliphatic heterocycles. The third-order valence-corrected chi connectivity index (χ3v) is 10.5. The Morgan fingerprint density at radius 3 is 1.10 bits per heavy atom. The molecule has 0 amide bonds. The van der Waals surface area contributed by atoms with Crippen molar-refractivity contribution in [3.63, 3.8) is 0 Å². The van der Waals surface area contributed by atoms with E-state index in [4.69, 9.17) is 14.2 Å². The van der Waals surface area contributed by atoms with Gasteiger partial charge in [0, 0.05) is 19.3 Å². The van der Waals surface area contributed by atoms with Crippen molar-refractivity contribution in [3.05, 3.63) is 85.1 Å². The number of hydrogen-bond donors (Lipinski definition) is 0. The van der Waals surface area contributed by atoms with Gasteiger partial charge in [-0.1, -0.05) is 234 Å². The fourth-order valence-corrected chi connectivity index (χ4v) is 6.76. The second kappa shape index (κ2) is 49.2. The zero-order valence-corrected chi connectivity index (χ0v) is 39.7. The summed E-state index contributed by atoms with van der Waals surface area (Å²) >= 11 is 0. The highest BCUT2D eigenvalue weighted by molar-refractivity contribution is 5.71. The Bertz CT molecular complexity index is 1200. The molecule has 61 heavy (non-hydrogen) atoms. The van der Waals surface area contributed by atoms with Crippen LogP contribution in [0.15, 0.2) is 85.1 Å². The van der Waals surface area contributed by atoms with Crippen molar-refractivity contribution in [1.29, 1.82) is 0 Å². The number of rotatable bonds is 44. The lowest BCUT2D eigenvalue weighted by atomic mass is 10.1. The molecule has 0 aliphatic carbocycles. The van der Waals surface area contributed by atoms with E-state index in [-0.39, 0.29) is 37.5 Å². The maximum absolute atomic E-state index is 12.7. The second-order valence-corrected chi connectivity index (χ2v) is 16.5. The average molecular weight is 849 g/mol. The molecule has 348 valence electrons. The van der Waals surface area contributed by atoms with Gasteiger partial charge in [-0.15, -0.1) is 0 Å². The second-order valence-electron chi connectivity index (χ2n) is 16.5. The molecular weight excluding hydrogens is 757 g/mol. The third kappa shape index (κ3) is 47.5. The Balaban J connectivity index is 4.42. The third-order valence-electron chi connectivity index (χ3n) is 10.5. The molecule has 0 aromatic rings. The molecule has 0 saturated heterocycles. The standard InChI is InChI=1S/C55H92O6/c1-4-7-10-13-16-19-22-24-25-26-27-28-29-31-33-36-39-42-45-48-54(57)60-51-52(50-59-53(56)47-44-41-38-35-32-21-18-15-12-9-6-3)61-55(58)49-46-43-40-37-34-30-23-20-17-14-11-8-5-2/h8,11,14,16-17,19-20,22-24,30,34,37,40,52H,4-7,9-10,12-13,15,18,21,25-29,31-33,35-36,38-39,41-51H2,1-3H3/b11-8-,17-14-,19-16-,23-20-,24-22-,34-30-,40-37-. The number of esters is 3. The summed E-state index contributed by atoms with van der Waals surface area (Å²) in [5.74, 6) is -0.986. The predicted molar refractivity (Wildman–Crippen MR) is 261 cm³/mol. The minimum absolute atomic E-state index is 0.105. The van der Waals surface area contributed by atoms with Crippen LogP contribution in [0.25, 0.3) is 0 Å². The van der Waals surface area contributed by atoms with Crippen LogP contribution in [0.5, 0.6) is 0 Å². The Morgan fingerprint density at radius 2 is 0.656 bits per heavy atom. The van der Waals surface area contributed by atoms with Crippen molar-refractivity contribution in [2.45, 2.75) is 232 Å². The van der Waals surface area contributed by atoms with Crippen LogP contribution < -0.4 is 0 Å². The van der Waals surface area contributed by atoms with Crippen LogP contribution in [0.3, 0.4) is 0 Å². The summed E-state index contributed by atoms with van der Waals surface area (Å²) < 4.78 is 16.7. The molecule has 0 aromatic heterocycles. The molecule has 0 rings (SSSR count). The zero-order valence-electron chi connectivity index (χ0n) is 39.7. The first-order valence-corrected chi connectivity index (χ1v) is 25.2. The van der Waals surface area contributed by atoms with E-state index in [0.29, 0.717) is 19.3 Å². The molecule has 0 heterocycles. The first-order chi connectivity index (χ1) is 30.0. The van der Waals surface area contributed by atoms with E-state index in [1.807, 2.05) is 54.7 Å². The van der Waals surface area contributed by atoms with Crippen molar-refractivity contribution < 1.29 is 28.6 Å². The number of allylic oxidation sites excluding steroid dienone is 14. The molecule has 1 atom stereocenters. The van der Waals surface area contributed by atoms with Gasteiger partial charge in [-0.05, 0) is 57.8 Å². The molecule has 0 N–H and O–H groups in total. The van der Waals surface area contributed by atoms with Gasteiger partial charge in [-0.25, -0.2) is 0 Å². The van der Waals surface area contributed by atoms with Crippen molar-refractivity contribution in [2.75, 3.05) is 13.2 Å². The van der Waals surface area contributed by atoms with Gasteiger partial charge in [0.05, 0.1) is 0 Å². The van der Waals surface area contributed by atoms with Crippen LogP contribution in [-0.4, -0.2) is 37.2 Å². The van der Waals surface area contributed by atoms with Gasteiger partial charge in [0.15, 0.2) is 6.10 Å². The predicted octanol–water partition coefficient (Wildman–Crippen LogP) is 16.4. The molecule has 0 fully saturated rings. The van der Waals surface area contributed by atoms with Gasteiger partial charge < -0.3 is 14.2 Å². The van der Waals surface area contributed by atoms with E-state index >= 15 is 0 Å². The quantitative estimate of drug-likeness (QED) is 0.0263. The number of unbranched alkanes of at least 4 members (excludes halogenated alkanes) is 24.